The van der Waals surface area contributed by atoms with Gasteiger partial charge in [0.2, 0.25) is 0 Å². The van der Waals surface area contributed by atoms with Gasteiger partial charge in [0.05, 0.1) is 25.4 Å². The molecule has 2 amide bonds. The van der Waals surface area contributed by atoms with E-state index in [1.54, 1.807) is 44.6 Å². The Morgan fingerprint density at radius 2 is 1.64 bits per heavy atom. The van der Waals surface area contributed by atoms with Crippen molar-refractivity contribution >= 4 is 17.4 Å². The number of amides is 2. The Labute approximate surface area is 166 Å². The van der Waals surface area contributed by atoms with E-state index in [2.05, 4.69) is 6.58 Å². The Bertz CT molecular complexity index is 719. The Morgan fingerprint density at radius 3 is 2.14 bits per heavy atom. The van der Waals surface area contributed by atoms with Gasteiger partial charge in [0, 0.05) is 33.9 Å². The Hall–Kier alpha value is -2.64. The monoisotopic (exact) mass is 388 g/mol. The lowest BCUT2D eigenvalue weighted by molar-refractivity contribution is -0.137. The summed E-state index contributed by atoms with van der Waals surface area (Å²) in [6.07, 6.45) is 1.54. The first kappa shape index (κ1) is 21.7. The average Bonchev–Trinajstić information content (AvgIpc) is 2.94. The molecule has 0 atom stereocenters. The second-order valence-corrected chi connectivity index (χ2v) is 6.16. The number of ether oxygens (including phenoxy) is 3. The number of carbonyl (C=O) groups is 2. The molecule has 0 aromatic heterocycles. The number of rotatable bonds is 12. The van der Waals surface area contributed by atoms with Crippen LogP contribution in [0.3, 0.4) is 0 Å². The number of methoxy groups -OCH3 is 2. The van der Waals surface area contributed by atoms with E-state index in [1.165, 1.54) is 4.90 Å². The maximum absolute atomic E-state index is 13.1. The lowest BCUT2D eigenvalue weighted by atomic mass is 10.0. The highest BCUT2D eigenvalue weighted by atomic mass is 16.5. The smallest absolute Gasteiger partial charge is 0.278 e. The molecule has 0 saturated heterocycles. The zero-order chi connectivity index (χ0) is 20.5. The van der Waals surface area contributed by atoms with Crippen molar-refractivity contribution in [2.24, 2.45) is 0 Å². The van der Waals surface area contributed by atoms with Gasteiger partial charge in [0.1, 0.15) is 11.4 Å². The molecule has 0 spiro atoms. The molecule has 0 fully saturated rings. The van der Waals surface area contributed by atoms with Crippen LogP contribution in [0.15, 0.2) is 42.6 Å². The number of carbonyl (C=O) groups excluding carboxylic acids is 2. The van der Waals surface area contributed by atoms with Crippen LogP contribution in [0.5, 0.6) is 5.75 Å². The van der Waals surface area contributed by atoms with Crippen LogP contribution >= 0.6 is 0 Å². The van der Waals surface area contributed by atoms with Crippen molar-refractivity contribution in [3.63, 3.8) is 0 Å². The normalized spacial score (nSPS) is 14.0. The molecule has 0 bridgehead atoms. The molecule has 1 heterocycles. The van der Waals surface area contributed by atoms with Gasteiger partial charge in [-0.2, -0.15) is 0 Å². The van der Waals surface area contributed by atoms with Gasteiger partial charge in [0.25, 0.3) is 11.8 Å². The lowest BCUT2D eigenvalue weighted by Gasteiger charge is -2.25. The van der Waals surface area contributed by atoms with Crippen molar-refractivity contribution in [1.29, 1.82) is 0 Å². The van der Waals surface area contributed by atoms with Crippen molar-refractivity contribution in [2.75, 3.05) is 53.7 Å². The van der Waals surface area contributed by atoms with Crippen LogP contribution in [0.1, 0.15) is 12.5 Å². The van der Waals surface area contributed by atoms with Crippen molar-refractivity contribution < 1.29 is 23.8 Å². The molecule has 1 aliphatic heterocycles. The number of hydrogen-bond donors (Lipinski definition) is 0. The van der Waals surface area contributed by atoms with E-state index in [9.17, 15) is 9.59 Å². The first-order valence-electron chi connectivity index (χ1n) is 9.26. The number of hydrogen-bond acceptors (Lipinski definition) is 6. The molecule has 0 N–H and O–H groups in total. The molecule has 7 heteroatoms. The second-order valence-electron chi connectivity index (χ2n) is 6.16. The highest BCUT2D eigenvalue weighted by Gasteiger charge is 2.40. The van der Waals surface area contributed by atoms with Crippen molar-refractivity contribution in [3.8, 4) is 5.75 Å². The topological polar surface area (TPSA) is 68.3 Å². The molecule has 2 rings (SSSR count). The van der Waals surface area contributed by atoms with E-state index in [-0.39, 0.29) is 18.4 Å². The molecule has 1 aromatic rings. The van der Waals surface area contributed by atoms with E-state index in [0.717, 1.165) is 0 Å². The minimum Gasteiger partial charge on any atom is -0.494 e. The van der Waals surface area contributed by atoms with Crippen LogP contribution in [0.2, 0.25) is 0 Å². The van der Waals surface area contributed by atoms with E-state index < -0.39 is 0 Å². The van der Waals surface area contributed by atoms with Crippen LogP contribution in [0.4, 0.5) is 0 Å². The Morgan fingerprint density at radius 1 is 1.04 bits per heavy atom. The third kappa shape index (κ3) is 4.79. The summed E-state index contributed by atoms with van der Waals surface area (Å²) in [5.41, 5.74) is 1.41. The van der Waals surface area contributed by atoms with Crippen molar-refractivity contribution in [3.05, 3.63) is 48.2 Å². The first-order chi connectivity index (χ1) is 13.6. The molecule has 7 nitrogen and oxygen atoms in total. The van der Waals surface area contributed by atoms with Gasteiger partial charge < -0.3 is 19.1 Å². The fourth-order valence-electron chi connectivity index (χ4n) is 3.03. The van der Waals surface area contributed by atoms with Gasteiger partial charge in [-0.25, -0.2) is 0 Å². The van der Waals surface area contributed by atoms with Crippen molar-refractivity contribution in [1.82, 2.24) is 9.80 Å². The third-order valence-corrected chi connectivity index (χ3v) is 4.36. The summed E-state index contributed by atoms with van der Waals surface area (Å²) in [5.74, 6) is 0.0497. The highest BCUT2D eigenvalue weighted by Crippen LogP contribution is 2.32. The average molecular weight is 388 g/mol. The third-order valence-electron chi connectivity index (χ3n) is 4.36. The van der Waals surface area contributed by atoms with Gasteiger partial charge in [-0.1, -0.05) is 18.2 Å². The standard InChI is InChI=1S/C21H28N2O5/c1-5-11-23-20(24)18(16-7-9-17(10-8-16)28-6-2)19(21(23)25)22(12-14-26-3)13-15-27-4/h5,7-10H,1,6,11-15H2,2-4H3. The van der Waals surface area contributed by atoms with Gasteiger partial charge >= 0.3 is 0 Å². The van der Waals surface area contributed by atoms with E-state index in [1.807, 2.05) is 11.8 Å². The van der Waals surface area contributed by atoms with Gasteiger partial charge in [-0.15, -0.1) is 6.58 Å². The first-order valence-corrected chi connectivity index (χ1v) is 9.26. The Kier molecular flexibility index (Phi) is 8.22. The zero-order valence-electron chi connectivity index (χ0n) is 16.8. The van der Waals surface area contributed by atoms with Crippen LogP contribution in [-0.2, 0) is 19.1 Å². The van der Waals surface area contributed by atoms with Gasteiger partial charge in [0.15, 0.2) is 0 Å². The maximum Gasteiger partial charge on any atom is 0.278 e. The summed E-state index contributed by atoms with van der Waals surface area (Å²) in [6, 6.07) is 7.19. The number of benzene rings is 1. The molecule has 152 valence electrons. The molecule has 0 aliphatic carbocycles. The van der Waals surface area contributed by atoms with Gasteiger partial charge in [-0.3, -0.25) is 14.5 Å². The number of nitrogens with zero attached hydrogens (tertiary/aromatic N) is 2. The van der Waals surface area contributed by atoms with E-state index in [4.69, 9.17) is 14.2 Å². The summed E-state index contributed by atoms with van der Waals surface area (Å²) in [7, 11) is 3.20. The Balaban J connectivity index is 2.50. The molecule has 0 unspecified atom stereocenters. The molecule has 1 aromatic carbocycles. The van der Waals surface area contributed by atoms with E-state index >= 15 is 0 Å². The van der Waals surface area contributed by atoms with Crippen molar-refractivity contribution in [2.45, 2.75) is 6.92 Å². The van der Waals surface area contributed by atoms with Gasteiger partial charge in [-0.05, 0) is 24.6 Å². The second kappa shape index (κ2) is 10.6. The fraction of sp³-hybridized carbons (Fsp3) is 0.429. The van der Waals surface area contributed by atoms with Crippen LogP contribution < -0.4 is 4.74 Å². The fourth-order valence-corrected chi connectivity index (χ4v) is 3.03. The molecular weight excluding hydrogens is 360 g/mol. The van der Waals surface area contributed by atoms with E-state index in [0.29, 0.717) is 55.5 Å². The largest absolute Gasteiger partial charge is 0.494 e. The van der Waals surface area contributed by atoms with Crippen LogP contribution in [-0.4, -0.2) is 75.3 Å². The molecule has 28 heavy (non-hydrogen) atoms. The molecule has 0 radical (unpaired) electrons. The summed E-state index contributed by atoms with van der Waals surface area (Å²) in [6.45, 7) is 8.06. The van der Waals surface area contributed by atoms with Crippen LogP contribution in [0.25, 0.3) is 5.57 Å². The molecular formula is C21H28N2O5. The molecule has 1 aliphatic rings. The number of imide groups is 1. The predicted octanol–water partition coefficient (Wildman–Crippen LogP) is 1.95. The van der Waals surface area contributed by atoms with Crippen LogP contribution in [0, 0.1) is 0 Å². The summed E-state index contributed by atoms with van der Waals surface area (Å²) >= 11 is 0. The SMILES string of the molecule is C=CCN1C(=O)C(c2ccc(OCC)cc2)=C(N(CCOC)CCOC)C1=O. The summed E-state index contributed by atoms with van der Waals surface area (Å²) in [5, 5.41) is 0. The summed E-state index contributed by atoms with van der Waals surface area (Å²) < 4.78 is 15.8. The molecule has 0 saturated carbocycles. The lowest BCUT2D eigenvalue weighted by Crippen LogP contribution is -2.37. The highest BCUT2D eigenvalue weighted by molar-refractivity contribution is 6.35. The minimum absolute atomic E-state index is 0.157. The zero-order valence-corrected chi connectivity index (χ0v) is 16.8. The summed E-state index contributed by atoms with van der Waals surface area (Å²) in [4.78, 5) is 29.2. The minimum atomic E-state index is -0.332. The quantitative estimate of drug-likeness (QED) is 0.403. The predicted molar refractivity (Wildman–Crippen MR) is 107 cm³/mol. The maximum atomic E-state index is 13.1.